The smallest absolute Gasteiger partial charge is 0.275 e. The maximum Gasteiger partial charge on any atom is 1.00 e. The first kappa shape index (κ1) is 10.2. The molecule has 0 spiro atoms. The largest absolute Gasteiger partial charge is 1.00 e. The van der Waals surface area contributed by atoms with Gasteiger partial charge in [0.15, 0.2) is 0 Å². The van der Waals surface area contributed by atoms with Gasteiger partial charge in [0.2, 0.25) is 0 Å². The van der Waals surface area contributed by atoms with Crippen molar-refractivity contribution in [3.8, 4) is 0 Å². The minimum Gasteiger partial charge on any atom is -0.275 e. The molecule has 0 aliphatic rings. The summed E-state index contributed by atoms with van der Waals surface area (Å²) in [5, 5.41) is 2.32. The number of pyridine rings is 1. The van der Waals surface area contributed by atoms with E-state index in [9.17, 15) is 0 Å². The molecule has 0 unspecified atom stereocenters. The summed E-state index contributed by atoms with van der Waals surface area (Å²) in [7, 11) is 0. The normalized spacial score (nSPS) is 10.1. The van der Waals surface area contributed by atoms with Crippen LogP contribution < -0.4 is 18.9 Å². The Bertz CT molecular complexity index is 499. The van der Waals surface area contributed by atoms with Gasteiger partial charge in [-0.3, -0.25) is 4.98 Å². The molecule has 2 aromatic carbocycles. The third kappa shape index (κ3) is 1.77. The zero-order valence-corrected chi connectivity index (χ0v) is 8.57. The molecule has 0 fully saturated rings. The quantitative estimate of drug-likeness (QED) is 0.277. The molecule has 0 saturated carbocycles. The van der Waals surface area contributed by atoms with Crippen molar-refractivity contribution in [3.63, 3.8) is 0 Å². The Morgan fingerprint density at radius 1 is 0.933 bits per heavy atom. The molecule has 2 heteroatoms. The fourth-order valence-corrected chi connectivity index (χ4v) is 1.65. The fraction of sp³-hybridized carbons (Fsp3) is 0. The molecule has 3 rings (SSSR count). The standard InChI is InChI=1S/C13H8N.Li/c1-3-7-12-10(5-1)9-11-6-2-4-8-13(11)14-12;/h1-7,9H;/q-1;+1. The van der Waals surface area contributed by atoms with Crippen LogP contribution in [0.15, 0.2) is 48.5 Å². The minimum atomic E-state index is 0. The van der Waals surface area contributed by atoms with Crippen LogP contribution in [0, 0.1) is 6.07 Å². The summed E-state index contributed by atoms with van der Waals surface area (Å²) in [6.45, 7) is 0. The van der Waals surface area contributed by atoms with Gasteiger partial charge in [0.05, 0.1) is 5.52 Å². The molecule has 0 aliphatic carbocycles. The average Bonchev–Trinajstić information content (AvgIpc) is 2.26. The monoisotopic (exact) mass is 185 g/mol. The Hall–Kier alpha value is -1.29. The summed E-state index contributed by atoms with van der Waals surface area (Å²) in [5.74, 6) is 0. The van der Waals surface area contributed by atoms with Crippen LogP contribution in [-0.4, -0.2) is 4.98 Å². The maximum atomic E-state index is 4.52. The Labute approximate surface area is 100 Å². The molecule has 1 heterocycles. The molecule has 0 radical (unpaired) electrons. The number of hydrogen-bond acceptors (Lipinski definition) is 1. The molecule has 0 amide bonds. The molecule has 0 N–H and O–H groups in total. The Morgan fingerprint density at radius 3 is 2.67 bits per heavy atom. The van der Waals surface area contributed by atoms with Crippen LogP contribution in [0.1, 0.15) is 0 Å². The summed E-state index contributed by atoms with van der Waals surface area (Å²) < 4.78 is 0. The van der Waals surface area contributed by atoms with Crippen LogP contribution in [0.2, 0.25) is 0 Å². The van der Waals surface area contributed by atoms with Crippen LogP contribution >= 0.6 is 0 Å². The van der Waals surface area contributed by atoms with Crippen molar-refractivity contribution in [3.05, 3.63) is 54.6 Å². The van der Waals surface area contributed by atoms with E-state index in [0.29, 0.717) is 0 Å². The number of rotatable bonds is 0. The third-order valence-electron chi connectivity index (χ3n) is 2.35. The van der Waals surface area contributed by atoms with Crippen LogP contribution in [0.3, 0.4) is 0 Å². The molecule has 1 aromatic heterocycles. The van der Waals surface area contributed by atoms with Crippen molar-refractivity contribution in [2.45, 2.75) is 0 Å². The average molecular weight is 185 g/mol. The second-order valence-corrected chi connectivity index (χ2v) is 3.29. The number of nitrogens with zero attached hydrogens (tertiary/aromatic N) is 1. The van der Waals surface area contributed by atoms with E-state index < -0.39 is 0 Å². The van der Waals surface area contributed by atoms with Crippen molar-refractivity contribution < 1.29 is 18.9 Å². The second-order valence-electron chi connectivity index (χ2n) is 3.29. The van der Waals surface area contributed by atoms with Gasteiger partial charge in [-0.05, 0) is 17.0 Å². The Kier molecular flexibility index (Phi) is 2.77. The molecular weight excluding hydrogens is 177 g/mol. The van der Waals surface area contributed by atoms with Gasteiger partial charge in [-0.2, -0.15) is 24.3 Å². The van der Waals surface area contributed by atoms with Crippen molar-refractivity contribution >= 4 is 21.8 Å². The zero-order chi connectivity index (χ0) is 9.38. The van der Waals surface area contributed by atoms with Gasteiger partial charge in [0, 0.05) is 0 Å². The van der Waals surface area contributed by atoms with E-state index in [0.717, 1.165) is 16.4 Å². The van der Waals surface area contributed by atoms with Gasteiger partial charge in [0.25, 0.3) is 0 Å². The van der Waals surface area contributed by atoms with Gasteiger partial charge in [0.1, 0.15) is 0 Å². The molecule has 3 aromatic rings. The SMILES string of the molecule is [Li+].[c-]1cccc2cc3ccccc3nc12. The van der Waals surface area contributed by atoms with Gasteiger partial charge in [-0.1, -0.05) is 24.3 Å². The van der Waals surface area contributed by atoms with E-state index in [2.05, 4.69) is 29.2 Å². The van der Waals surface area contributed by atoms with Crippen LogP contribution in [0.4, 0.5) is 0 Å². The summed E-state index contributed by atoms with van der Waals surface area (Å²) in [6.07, 6.45) is 0. The van der Waals surface area contributed by atoms with E-state index in [1.54, 1.807) is 0 Å². The summed E-state index contributed by atoms with van der Waals surface area (Å²) in [5.41, 5.74) is 1.97. The van der Waals surface area contributed by atoms with E-state index in [-0.39, 0.29) is 18.9 Å². The molecular formula is C13H8LiN. The van der Waals surface area contributed by atoms with E-state index in [1.807, 2.05) is 30.3 Å². The Balaban J connectivity index is 0.000000853. The van der Waals surface area contributed by atoms with Crippen molar-refractivity contribution in [2.24, 2.45) is 0 Å². The first-order valence-electron chi connectivity index (χ1n) is 4.60. The number of benzene rings is 2. The van der Waals surface area contributed by atoms with E-state index in [4.69, 9.17) is 0 Å². The third-order valence-corrected chi connectivity index (χ3v) is 2.35. The molecule has 0 saturated heterocycles. The second kappa shape index (κ2) is 4.06. The topological polar surface area (TPSA) is 12.9 Å². The number of aromatic nitrogens is 1. The molecule has 1 nitrogen and oxygen atoms in total. The summed E-state index contributed by atoms with van der Waals surface area (Å²) in [4.78, 5) is 4.52. The number of para-hydroxylation sites is 2. The van der Waals surface area contributed by atoms with Gasteiger partial charge >= 0.3 is 18.9 Å². The number of fused-ring (bicyclic) bond motifs is 2. The molecule has 0 aliphatic heterocycles. The maximum absolute atomic E-state index is 4.52. The molecule has 0 bridgehead atoms. The summed E-state index contributed by atoms with van der Waals surface area (Å²) in [6, 6.07) is 19.4. The van der Waals surface area contributed by atoms with Gasteiger partial charge in [-0.25, -0.2) is 0 Å². The van der Waals surface area contributed by atoms with Crippen LogP contribution in [0.25, 0.3) is 21.8 Å². The van der Waals surface area contributed by atoms with Crippen molar-refractivity contribution in [1.29, 1.82) is 0 Å². The first-order valence-corrected chi connectivity index (χ1v) is 4.60. The van der Waals surface area contributed by atoms with Crippen LogP contribution in [0.5, 0.6) is 0 Å². The predicted octanol–water partition coefficient (Wildman–Crippen LogP) is 0.192. The molecule has 15 heavy (non-hydrogen) atoms. The van der Waals surface area contributed by atoms with Crippen LogP contribution in [-0.2, 0) is 0 Å². The summed E-state index contributed by atoms with van der Waals surface area (Å²) >= 11 is 0. The van der Waals surface area contributed by atoms with Crippen molar-refractivity contribution in [2.75, 3.05) is 0 Å². The van der Waals surface area contributed by atoms with E-state index in [1.165, 1.54) is 5.39 Å². The van der Waals surface area contributed by atoms with Gasteiger partial charge in [-0.15, -0.1) is 5.39 Å². The first-order chi connectivity index (χ1) is 6.93. The molecule has 66 valence electrons. The molecule has 0 atom stereocenters. The fourth-order valence-electron chi connectivity index (χ4n) is 1.65. The minimum absolute atomic E-state index is 0. The zero-order valence-electron chi connectivity index (χ0n) is 8.57. The Morgan fingerprint density at radius 2 is 1.73 bits per heavy atom. The van der Waals surface area contributed by atoms with Gasteiger partial charge < -0.3 is 0 Å². The number of hydrogen-bond donors (Lipinski definition) is 0. The predicted molar refractivity (Wildman–Crippen MR) is 58.1 cm³/mol. The van der Waals surface area contributed by atoms with E-state index >= 15 is 0 Å². The van der Waals surface area contributed by atoms with Crippen molar-refractivity contribution in [1.82, 2.24) is 4.98 Å².